The summed E-state index contributed by atoms with van der Waals surface area (Å²) in [5.41, 5.74) is 7.80. The van der Waals surface area contributed by atoms with E-state index >= 15 is 0 Å². The van der Waals surface area contributed by atoms with E-state index in [1.807, 2.05) is 13.0 Å². The van der Waals surface area contributed by atoms with Crippen LogP contribution in [0.1, 0.15) is 18.9 Å². The highest BCUT2D eigenvalue weighted by molar-refractivity contribution is 9.10. The molecule has 0 aliphatic carbocycles. The van der Waals surface area contributed by atoms with Crippen molar-refractivity contribution in [2.24, 2.45) is 11.7 Å². The van der Waals surface area contributed by atoms with Crippen LogP contribution in [0.15, 0.2) is 16.6 Å². The minimum absolute atomic E-state index is 0.151. The lowest BCUT2D eigenvalue weighted by Gasteiger charge is -2.21. The maximum Gasteiger partial charge on any atom is 0.273 e. The molecular weight excluding hydrogens is 310 g/mol. The number of nitrogens with zero attached hydrogens (tertiary/aromatic N) is 2. The average molecular weight is 328 g/mol. The average Bonchev–Trinajstić information content (AvgIpc) is 2.80. The van der Waals surface area contributed by atoms with Crippen molar-refractivity contribution in [3.63, 3.8) is 0 Å². The Kier molecular flexibility index (Phi) is 4.10. The molecule has 1 fully saturated rings. The van der Waals surface area contributed by atoms with Crippen molar-refractivity contribution in [1.82, 2.24) is 0 Å². The Morgan fingerprint density at radius 3 is 2.79 bits per heavy atom. The zero-order valence-corrected chi connectivity index (χ0v) is 12.7. The third-order valence-electron chi connectivity index (χ3n) is 3.77. The third-order valence-corrected chi connectivity index (χ3v) is 4.41. The molecule has 1 aliphatic rings. The highest BCUT2D eigenvalue weighted by Crippen LogP contribution is 2.35. The van der Waals surface area contributed by atoms with Crippen LogP contribution in [0.2, 0.25) is 0 Å². The first kappa shape index (κ1) is 14.3. The Morgan fingerprint density at radius 1 is 1.58 bits per heavy atom. The maximum absolute atomic E-state index is 10.9. The van der Waals surface area contributed by atoms with Gasteiger partial charge >= 0.3 is 0 Å². The summed E-state index contributed by atoms with van der Waals surface area (Å²) in [5, 5.41) is 10.9. The van der Waals surface area contributed by atoms with E-state index in [-0.39, 0.29) is 16.7 Å². The lowest BCUT2D eigenvalue weighted by molar-refractivity contribution is -0.385. The van der Waals surface area contributed by atoms with Crippen LogP contribution in [-0.4, -0.2) is 24.1 Å². The molecule has 5 nitrogen and oxygen atoms in total. The predicted octanol–water partition coefficient (Wildman–Crippen LogP) is 2.84. The van der Waals surface area contributed by atoms with E-state index in [1.165, 1.54) is 0 Å². The van der Waals surface area contributed by atoms with E-state index in [9.17, 15) is 10.1 Å². The number of aryl methyl sites for hydroxylation is 1. The summed E-state index contributed by atoms with van der Waals surface area (Å²) in [7, 11) is 0. The summed E-state index contributed by atoms with van der Waals surface area (Å²) in [6, 6.07) is 3.65. The molecule has 0 bridgehead atoms. The van der Waals surface area contributed by atoms with Crippen molar-refractivity contribution in [3.05, 3.63) is 32.3 Å². The van der Waals surface area contributed by atoms with Gasteiger partial charge in [0.05, 0.1) is 10.6 Å². The number of halogens is 1. The number of anilines is 1. The lowest BCUT2D eigenvalue weighted by Crippen LogP contribution is -2.29. The van der Waals surface area contributed by atoms with Gasteiger partial charge in [-0.25, -0.2) is 0 Å². The van der Waals surface area contributed by atoms with Crippen LogP contribution in [0.4, 0.5) is 11.4 Å². The van der Waals surface area contributed by atoms with Gasteiger partial charge in [-0.15, -0.1) is 0 Å². The van der Waals surface area contributed by atoms with Crippen LogP contribution in [0, 0.1) is 23.0 Å². The van der Waals surface area contributed by atoms with Crippen molar-refractivity contribution < 1.29 is 4.92 Å². The van der Waals surface area contributed by atoms with Gasteiger partial charge in [0, 0.05) is 35.2 Å². The summed E-state index contributed by atoms with van der Waals surface area (Å²) in [4.78, 5) is 12.8. The van der Waals surface area contributed by atoms with Gasteiger partial charge in [-0.2, -0.15) is 0 Å². The normalized spacial score (nSPS) is 20.6. The van der Waals surface area contributed by atoms with Crippen molar-refractivity contribution in [3.8, 4) is 0 Å². The van der Waals surface area contributed by atoms with Crippen molar-refractivity contribution in [2.45, 2.75) is 26.3 Å². The minimum atomic E-state index is -0.349. The number of rotatable bonds is 3. The number of hydrogen-bond acceptors (Lipinski definition) is 4. The van der Waals surface area contributed by atoms with Crippen LogP contribution in [0.3, 0.4) is 0 Å². The van der Waals surface area contributed by atoms with Crippen LogP contribution in [0.25, 0.3) is 0 Å². The van der Waals surface area contributed by atoms with E-state index in [4.69, 9.17) is 5.73 Å². The second-order valence-corrected chi connectivity index (χ2v) is 6.06. The molecule has 0 amide bonds. The molecule has 1 heterocycles. The first-order chi connectivity index (χ1) is 8.90. The first-order valence-corrected chi connectivity index (χ1v) is 7.14. The molecule has 0 saturated carbocycles. The fourth-order valence-corrected chi connectivity index (χ4v) is 3.11. The van der Waals surface area contributed by atoms with Crippen LogP contribution < -0.4 is 10.6 Å². The Bertz CT molecular complexity index is 505. The molecule has 2 N–H and O–H groups in total. The van der Waals surface area contributed by atoms with Crippen molar-refractivity contribution in [2.75, 3.05) is 18.0 Å². The van der Waals surface area contributed by atoms with Crippen molar-refractivity contribution in [1.29, 1.82) is 0 Å². The van der Waals surface area contributed by atoms with Gasteiger partial charge in [-0.1, -0.05) is 0 Å². The highest BCUT2D eigenvalue weighted by Gasteiger charge is 2.27. The fourth-order valence-electron chi connectivity index (χ4n) is 2.53. The third kappa shape index (κ3) is 2.90. The lowest BCUT2D eigenvalue weighted by atomic mass is 10.0. The molecule has 2 rings (SSSR count). The molecule has 1 saturated heterocycles. The number of nitro groups is 1. The molecule has 2 atom stereocenters. The van der Waals surface area contributed by atoms with Gasteiger partial charge < -0.3 is 10.6 Å². The molecule has 0 radical (unpaired) electrons. The quantitative estimate of drug-likeness (QED) is 0.684. The fraction of sp³-hybridized carbons (Fsp3) is 0.538. The molecule has 0 aromatic heterocycles. The van der Waals surface area contributed by atoms with E-state index in [2.05, 4.69) is 20.8 Å². The van der Waals surface area contributed by atoms with Gasteiger partial charge in [0.1, 0.15) is 0 Å². The molecular formula is C13H18BrN3O2. The van der Waals surface area contributed by atoms with Crippen LogP contribution in [0.5, 0.6) is 0 Å². The molecule has 1 aromatic carbocycles. The molecule has 6 heteroatoms. The molecule has 104 valence electrons. The van der Waals surface area contributed by atoms with E-state index < -0.39 is 0 Å². The predicted molar refractivity (Wildman–Crippen MR) is 79.5 cm³/mol. The Labute approximate surface area is 121 Å². The molecule has 1 aliphatic heterocycles. The zero-order valence-electron chi connectivity index (χ0n) is 11.1. The summed E-state index contributed by atoms with van der Waals surface area (Å²) in [6.07, 6.45) is 1.07. The monoisotopic (exact) mass is 327 g/mol. The maximum atomic E-state index is 10.9. The van der Waals surface area contributed by atoms with Crippen LogP contribution >= 0.6 is 15.9 Å². The summed E-state index contributed by atoms with van der Waals surface area (Å²) >= 11 is 3.44. The topological polar surface area (TPSA) is 72.4 Å². The van der Waals surface area contributed by atoms with Crippen molar-refractivity contribution >= 4 is 27.3 Å². The SMILES string of the molecule is Cc1cc(N2CCC(C(C)N)C2)c(Br)cc1[N+](=O)[O-]. The smallest absolute Gasteiger partial charge is 0.273 e. The summed E-state index contributed by atoms with van der Waals surface area (Å²) in [6.45, 7) is 5.66. The van der Waals surface area contributed by atoms with E-state index in [0.717, 1.165) is 29.7 Å². The first-order valence-electron chi connectivity index (χ1n) is 6.35. The largest absolute Gasteiger partial charge is 0.370 e. The second kappa shape index (κ2) is 5.46. The zero-order chi connectivity index (χ0) is 14.2. The minimum Gasteiger partial charge on any atom is -0.370 e. The van der Waals surface area contributed by atoms with Gasteiger partial charge in [0.25, 0.3) is 5.69 Å². The number of nitro benzene ring substituents is 1. The van der Waals surface area contributed by atoms with Gasteiger partial charge in [0.15, 0.2) is 0 Å². The van der Waals surface area contributed by atoms with Gasteiger partial charge in [0.2, 0.25) is 0 Å². The molecule has 19 heavy (non-hydrogen) atoms. The second-order valence-electron chi connectivity index (χ2n) is 5.20. The number of hydrogen-bond donors (Lipinski definition) is 1. The standard InChI is InChI=1S/C13H18BrN3O2/c1-8-5-13(11(14)6-12(8)17(18)19)16-4-3-10(7-16)9(2)15/h5-6,9-10H,3-4,7,15H2,1-2H3. The molecule has 0 spiro atoms. The highest BCUT2D eigenvalue weighted by atomic mass is 79.9. The molecule has 2 unspecified atom stereocenters. The summed E-state index contributed by atoms with van der Waals surface area (Å²) in [5.74, 6) is 0.488. The Balaban J connectivity index is 2.27. The van der Waals surface area contributed by atoms with Crippen LogP contribution in [-0.2, 0) is 0 Å². The molecule has 1 aromatic rings. The Hall–Kier alpha value is -1.14. The van der Waals surface area contributed by atoms with Gasteiger partial charge in [-0.3, -0.25) is 10.1 Å². The Morgan fingerprint density at radius 2 is 2.26 bits per heavy atom. The van der Waals surface area contributed by atoms with Gasteiger partial charge in [-0.05, 0) is 48.2 Å². The van der Waals surface area contributed by atoms with E-state index in [0.29, 0.717) is 11.5 Å². The van der Waals surface area contributed by atoms with E-state index in [1.54, 1.807) is 13.0 Å². The number of benzene rings is 1. The number of nitrogens with two attached hydrogens (primary N) is 1. The summed E-state index contributed by atoms with van der Waals surface area (Å²) < 4.78 is 0.773.